The smallest absolute Gasteiger partial charge is 0.300 e. The molecule has 0 aliphatic carbocycles. The number of hydrogen-bond acceptors (Lipinski definition) is 5. The lowest BCUT2D eigenvalue weighted by molar-refractivity contribution is -0.384. The first kappa shape index (κ1) is 19.1. The molecule has 0 spiro atoms. The Morgan fingerprint density at radius 3 is 2.17 bits per heavy atom. The number of aliphatic hydroxyl groups excluding tert-OH is 1. The summed E-state index contributed by atoms with van der Waals surface area (Å²) in [6.45, 7) is 0. The molecule has 1 fully saturated rings. The fourth-order valence-corrected chi connectivity index (χ4v) is 3.56. The van der Waals surface area contributed by atoms with Crippen LogP contribution >= 0.6 is 0 Å². The van der Waals surface area contributed by atoms with Gasteiger partial charge in [-0.25, -0.2) is 0 Å². The predicted molar refractivity (Wildman–Crippen MR) is 111 cm³/mol. The van der Waals surface area contributed by atoms with E-state index in [0.29, 0.717) is 11.1 Å². The number of carbonyl (C=O) groups excluding carboxylic acids is 2. The maximum Gasteiger partial charge on any atom is 0.300 e. The minimum Gasteiger partial charge on any atom is -0.507 e. The second-order valence-corrected chi connectivity index (χ2v) is 6.72. The molecule has 1 atom stereocenters. The molecule has 1 amide bonds. The SMILES string of the molecule is O=C1C(=O)N(c2cccc([N+](=O)[O-])c2)C(c2ccccc2)/C1=C(\O)c1ccccc1. The molecule has 0 aromatic heterocycles. The minimum absolute atomic E-state index is 0.0658. The van der Waals surface area contributed by atoms with Gasteiger partial charge in [-0.1, -0.05) is 66.7 Å². The zero-order valence-electron chi connectivity index (χ0n) is 15.6. The van der Waals surface area contributed by atoms with Crippen molar-refractivity contribution in [1.29, 1.82) is 0 Å². The molecule has 0 radical (unpaired) electrons. The Hall–Kier alpha value is -4.26. The van der Waals surface area contributed by atoms with Crippen LogP contribution in [0, 0.1) is 10.1 Å². The summed E-state index contributed by atoms with van der Waals surface area (Å²) in [5.74, 6) is -2.01. The van der Waals surface area contributed by atoms with Crippen molar-refractivity contribution in [1.82, 2.24) is 0 Å². The highest BCUT2D eigenvalue weighted by molar-refractivity contribution is 6.51. The number of nitrogens with zero attached hydrogens (tertiary/aromatic N) is 2. The van der Waals surface area contributed by atoms with Gasteiger partial charge in [-0.15, -0.1) is 0 Å². The summed E-state index contributed by atoms with van der Waals surface area (Å²) in [6, 6.07) is 21.8. The number of amides is 1. The second-order valence-electron chi connectivity index (χ2n) is 6.72. The highest BCUT2D eigenvalue weighted by Crippen LogP contribution is 2.42. The van der Waals surface area contributed by atoms with Crippen LogP contribution in [0.15, 0.2) is 90.5 Å². The van der Waals surface area contributed by atoms with Crippen LogP contribution in [0.2, 0.25) is 0 Å². The summed E-state index contributed by atoms with van der Waals surface area (Å²) in [5.41, 5.74) is 0.927. The number of aliphatic hydroxyl groups is 1. The van der Waals surface area contributed by atoms with E-state index < -0.39 is 22.7 Å². The van der Waals surface area contributed by atoms with Crippen LogP contribution < -0.4 is 4.90 Å². The largest absolute Gasteiger partial charge is 0.507 e. The molecule has 7 heteroatoms. The van der Waals surface area contributed by atoms with Gasteiger partial charge in [0.25, 0.3) is 17.4 Å². The zero-order chi connectivity index (χ0) is 21.3. The first-order chi connectivity index (χ1) is 14.5. The molecular formula is C23H16N2O5. The number of Topliss-reactive ketones (excluding diaryl/α,β-unsaturated/α-hetero) is 1. The topological polar surface area (TPSA) is 101 Å². The number of rotatable bonds is 4. The van der Waals surface area contributed by atoms with Crippen molar-refractivity contribution in [2.45, 2.75) is 6.04 Å². The van der Waals surface area contributed by atoms with Crippen LogP contribution in [0.3, 0.4) is 0 Å². The van der Waals surface area contributed by atoms with E-state index in [-0.39, 0.29) is 22.7 Å². The molecule has 30 heavy (non-hydrogen) atoms. The number of ketones is 1. The maximum atomic E-state index is 13.0. The Kier molecular flexibility index (Phi) is 4.85. The number of carbonyl (C=O) groups is 2. The van der Waals surface area contributed by atoms with Gasteiger partial charge in [-0.2, -0.15) is 0 Å². The first-order valence-corrected chi connectivity index (χ1v) is 9.15. The van der Waals surface area contributed by atoms with Crippen molar-refractivity contribution in [3.63, 3.8) is 0 Å². The van der Waals surface area contributed by atoms with Gasteiger partial charge < -0.3 is 5.11 Å². The van der Waals surface area contributed by atoms with Crippen molar-refractivity contribution in [2.75, 3.05) is 4.90 Å². The highest BCUT2D eigenvalue weighted by Gasteiger charge is 2.47. The molecule has 3 aromatic carbocycles. The first-order valence-electron chi connectivity index (χ1n) is 9.15. The summed E-state index contributed by atoms with van der Waals surface area (Å²) < 4.78 is 0. The van der Waals surface area contributed by atoms with E-state index in [1.165, 1.54) is 29.2 Å². The summed E-state index contributed by atoms with van der Waals surface area (Å²) in [7, 11) is 0. The molecule has 4 rings (SSSR count). The number of nitro groups is 1. The predicted octanol–water partition coefficient (Wildman–Crippen LogP) is 4.22. The Bertz CT molecular complexity index is 1170. The van der Waals surface area contributed by atoms with Gasteiger partial charge in [0.05, 0.1) is 22.2 Å². The van der Waals surface area contributed by atoms with Gasteiger partial charge in [-0.3, -0.25) is 24.6 Å². The van der Waals surface area contributed by atoms with Gasteiger partial charge in [0.1, 0.15) is 5.76 Å². The van der Waals surface area contributed by atoms with Crippen LogP contribution in [0.5, 0.6) is 0 Å². The average Bonchev–Trinajstić information content (AvgIpc) is 3.05. The van der Waals surface area contributed by atoms with Crippen LogP contribution in [-0.4, -0.2) is 21.7 Å². The Morgan fingerprint density at radius 1 is 0.900 bits per heavy atom. The van der Waals surface area contributed by atoms with E-state index in [1.807, 2.05) is 0 Å². The third-order valence-corrected chi connectivity index (χ3v) is 4.93. The van der Waals surface area contributed by atoms with Crippen molar-refractivity contribution in [2.24, 2.45) is 0 Å². The van der Waals surface area contributed by atoms with E-state index in [9.17, 15) is 24.8 Å². The van der Waals surface area contributed by atoms with Gasteiger partial charge in [0, 0.05) is 17.7 Å². The monoisotopic (exact) mass is 400 g/mol. The molecule has 7 nitrogen and oxygen atoms in total. The van der Waals surface area contributed by atoms with E-state index in [0.717, 1.165) is 0 Å². The molecule has 1 heterocycles. The molecule has 3 aromatic rings. The van der Waals surface area contributed by atoms with Crippen LogP contribution in [-0.2, 0) is 9.59 Å². The molecular weight excluding hydrogens is 384 g/mol. The molecule has 1 saturated heterocycles. The lowest BCUT2D eigenvalue weighted by Gasteiger charge is -2.25. The van der Waals surface area contributed by atoms with Gasteiger partial charge >= 0.3 is 0 Å². The van der Waals surface area contributed by atoms with Crippen LogP contribution in [0.25, 0.3) is 5.76 Å². The second kappa shape index (κ2) is 7.63. The third-order valence-electron chi connectivity index (χ3n) is 4.93. The maximum absolute atomic E-state index is 13.0. The standard InChI is InChI=1S/C23H16N2O5/c26-21(16-10-5-2-6-11-16)19-20(15-8-3-1-4-9-15)24(23(28)22(19)27)17-12-7-13-18(14-17)25(29)30/h1-14,20,26H/b21-19+. The lowest BCUT2D eigenvalue weighted by Crippen LogP contribution is -2.29. The minimum atomic E-state index is -0.923. The molecule has 148 valence electrons. The van der Waals surface area contributed by atoms with Gasteiger partial charge in [0.2, 0.25) is 0 Å². The van der Waals surface area contributed by atoms with Gasteiger partial charge in [-0.05, 0) is 11.6 Å². The molecule has 1 N–H and O–H groups in total. The number of hydrogen-bond donors (Lipinski definition) is 1. The van der Waals surface area contributed by atoms with Crippen molar-refractivity contribution in [3.05, 3.63) is 112 Å². The number of benzene rings is 3. The summed E-state index contributed by atoms with van der Waals surface area (Å²) in [4.78, 5) is 37.8. The quantitative estimate of drug-likeness (QED) is 0.232. The van der Waals surface area contributed by atoms with E-state index in [1.54, 1.807) is 60.7 Å². The van der Waals surface area contributed by atoms with Gasteiger partial charge in [0.15, 0.2) is 0 Å². The highest BCUT2D eigenvalue weighted by atomic mass is 16.6. The number of nitro benzene ring substituents is 1. The summed E-state index contributed by atoms with van der Waals surface area (Å²) >= 11 is 0. The molecule has 1 unspecified atom stereocenters. The fourth-order valence-electron chi connectivity index (χ4n) is 3.56. The van der Waals surface area contributed by atoms with Crippen molar-refractivity contribution >= 4 is 28.8 Å². The third kappa shape index (κ3) is 3.22. The zero-order valence-corrected chi connectivity index (χ0v) is 15.6. The molecule has 0 saturated carbocycles. The molecule has 0 bridgehead atoms. The van der Waals surface area contributed by atoms with Crippen molar-refractivity contribution < 1.29 is 19.6 Å². The van der Waals surface area contributed by atoms with E-state index in [2.05, 4.69) is 0 Å². The fraction of sp³-hybridized carbons (Fsp3) is 0.0435. The van der Waals surface area contributed by atoms with Crippen LogP contribution in [0.4, 0.5) is 11.4 Å². The van der Waals surface area contributed by atoms with Crippen LogP contribution in [0.1, 0.15) is 17.2 Å². The Labute approximate surface area is 171 Å². The average molecular weight is 400 g/mol. The summed E-state index contributed by atoms with van der Waals surface area (Å²) in [5, 5.41) is 22.1. The lowest BCUT2D eigenvalue weighted by atomic mass is 9.95. The number of anilines is 1. The van der Waals surface area contributed by atoms with E-state index in [4.69, 9.17) is 0 Å². The summed E-state index contributed by atoms with van der Waals surface area (Å²) in [6.07, 6.45) is 0. The van der Waals surface area contributed by atoms with E-state index >= 15 is 0 Å². The molecule has 1 aliphatic rings. The number of non-ortho nitro benzene ring substituents is 1. The Balaban J connectivity index is 1.95. The Morgan fingerprint density at radius 2 is 1.53 bits per heavy atom. The normalized spacial score (nSPS) is 17.9. The van der Waals surface area contributed by atoms with Crippen molar-refractivity contribution in [3.8, 4) is 0 Å². The molecule has 1 aliphatic heterocycles.